The molecule has 0 radical (unpaired) electrons. The number of rotatable bonds is 6. The number of thiocarbonyl (C=S) groups is 1. The molecule has 1 aromatic rings. The zero-order chi connectivity index (χ0) is 15.5. The van der Waals surface area contributed by atoms with Gasteiger partial charge < -0.3 is 10.6 Å². The molecule has 2 heterocycles. The Kier molecular flexibility index (Phi) is 5.26. The van der Waals surface area contributed by atoms with Gasteiger partial charge in [0.25, 0.3) is 0 Å². The summed E-state index contributed by atoms with van der Waals surface area (Å²) >= 11 is 4.86. The SMILES string of the molecule is CCN1CCC(CNS(=O)(=O)c2cccnc2C(N)=S)C1. The van der Waals surface area contributed by atoms with Gasteiger partial charge in [-0.3, -0.25) is 4.98 Å². The van der Waals surface area contributed by atoms with Gasteiger partial charge in [0.05, 0.1) is 0 Å². The summed E-state index contributed by atoms with van der Waals surface area (Å²) in [5.41, 5.74) is 5.68. The van der Waals surface area contributed by atoms with E-state index >= 15 is 0 Å². The lowest BCUT2D eigenvalue weighted by Crippen LogP contribution is -2.32. The first-order chi connectivity index (χ1) is 9.94. The smallest absolute Gasteiger partial charge is 0.242 e. The number of nitrogens with two attached hydrogens (primary N) is 1. The summed E-state index contributed by atoms with van der Waals surface area (Å²) in [6.07, 6.45) is 2.48. The van der Waals surface area contributed by atoms with Crippen molar-refractivity contribution < 1.29 is 8.42 Å². The number of nitrogens with one attached hydrogen (secondary N) is 1. The van der Waals surface area contributed by atoms with Gasteiger partial charge in [0, 0.05) is 19.3 Å². The zero-order valence-electron chi connectivity index (χ0n) is 11.9. The lowest BCUT2D eigenvalue weighted by molar-refractivity contribution is 0.342. The van der Waals surface area contributed by atoms with Gasteiger partial charge in [0.15, 0.2) is 0 Å². The van der Waals surface area contributed by atoms with Crippen LogP contribution in [0.3, 0.4) is 0 Å². The van der Waals surface area contributed by atoms with E-state index < -0.39 is 10.0 Å². The van der Waals surface area contributed by atoms with E-state index in [2.05, 4.69) is 21.5 Å². The summed E-state index contributed by atoms with van der Waals surface area (Å²) < 4.78 is 27.4. The van der Waals surface area contributed by atoms with Crippen LogP contribution >= 0.6 is 12.2 Å². The number of hydrogen-bond acceptors (Lipinski definition) is 5. The standard InChI is InChI=1S/C13H20N4O2S2/c1-2-17-7-5-10(9-17)8-16-21(18,19)11-4-3-6-15-12(11)13(14)20/h3-4,6,10,16H,2,5,7-9H2,1H3,(H2,14,20). The van der Waals surface area contributed by atoms with Gasteiger partial charge in [-0.15, -0.1) is 0 Å². The van der Waals surface area contributed by atoms with Crippen molar-refractivity contribution in [3.05, 3.63) is 24.0 Å². The second kappa shape index (κ2) is 6.78. The molecule has 21 heavy (non-hydrogen) atoms. The van der Waals surface area contributed by atoms with Crippen LogP contribution in [0.4, 0.5) is 0 Å². The molecule has 1 fully saturated rings. The van der Waals surface area contributed by atoms with E-state index in [0.717, 1.165) is 26.1 Å². The first-order valence-corrected chi connectivity index (χ1v) is 8.80. The van der Waals surface area contributed by atoms with E-state index in [1.54, 1.807) is 6.07 Å². The van der Waals surface area contributed by atoms with Crippen LogP contribution in [0, 0.1) is 5.92 Å². The van der Waals surface area contributed by atoms with Gasteiger partial charge in [0.1, 0.15) is 15.6 Å². The van der Waals surface area contributed by atoms with E-state index in [0.29, 0.717) is 12.5 Å². The predicted molar refractivity (Wildman–Crippen MR) is 85.5 cm³/mol. The molecular formula is C13H20N4O2S2. The van der Waals surface area contributed by atoms with Crippen molar-refractivity contribution in [1.82, 2.24) is 14.6 Å². The highest BCUT2D eigenvalue weighted by molar-refractivity contribution is 7.89. The van der Waals surface area contributed by atoms with Gasteiger partial charge in [-0.05, 0) is 37.6 Å². The molecule has 0 saturated carbocycles. The Balaban J connectivity index is 2.07. The molecule has 1 unspecified atom stereocenters. The fourth-order valence-electron chi connectivity index (χ4n) is 2.46. The topological polar surface area (TPSA) is 88.3 Å². The van der Waals surface area contributed by atoms with Gasteiger partial charge in [-0.2, -0.15) is 0 Å². The van der Waals surface area contributed by atoms with Crippen LogP contribution in [0.15, 0.2) is 23.2 Å². The Morgan fingerprint density at radius 1 is 1.62 bits per heavy atom. The molecule has 8 heteroatoms. The molecule has 1 aromatic heterocycles. The first kappa shape index (κ1) is 16.3. The maximum absolute atomic E-state index is 12.4. The number of nitrogens with zero attached hydrogens (tertiary/aromatic N) is 2. The molecule has 3 N–H and O–H groups in total. The minimum absolute atomic E-state index is 0.0194. The molecule has 1 aliphatic rings. The normalized spacial score (nSPS) is 19.8. The van der Waals surface area contributed by atoms with Crippen molar-refractivity contribution in [2.45, 2.75) is 18.2 Å². The maximum Gasteiger partial charge on any atom is 0.242 e. The molecule has 1 aliphatic heterocycles. The molecule has 6 nitrogen and oxygen atoms in total. The third kappa shape index (κ3) is 3.97. The van der Waals surface area contributed by atoms with Crippen LogP contribution in [0.1, 0.15) is 19.0 Å². The van der Waals surface area contributed by atoms with Crippen molar-refractivity contribution in [2.24, 2.45) is 11.7 Å². The van der Waals surface area contributed by atoms with Gasteiger partial charge in [-0.1, -0.05) is 19.1 Å². The second-order valence-corrected chi connectivity index (χ2v) is 7.29. The lowest BCUT2D eigenvalue weighted by Gasteiger charge is -2.14. The van der Waals surface area contributed by atoms with Crippen LogP contribution < -0.4 is 10.5 Å². The van der Waals surface area contributed by atoms with Crippen LogP contribution in [0.5, 0.6) is 0 Å². The third-order valence-corrected chi connectivity index (χ3v) is 5.32. The fraction of sp³-hybridized carbons (Fsp3) is 0.538. The highest BCUT2D eigenvalue weighted by Crippen LogP contribution is 2.17. The summed E-state index contributed by atoms with van der Waals surface area (Å²) in [5.74, 6) is 0.338. The number of hydrogen-bond donors (Lipinski definition) is 2. The van der Waals surface area contributed by atoms with Crippen molar-refractivity contribution in [1.29, 1.82) is 0 Å². The second-order valence-electron chi connectivity index (χ2n) is 5.11. The molecule has 0 aliphatic carbocycles. The minimum atomic E-state index is -3.65. The number of sulfonamides is 1. The molecule has 0 amide bonds. The molecule has 1 atom stereocenters. The number of aromatic nitrogens is 1. The Labute approximate surface area is 130 Å². The quantitative estimate of drug-likeness (QED) is 0.732. The van der Waals surface area contributed by atoms with E-state index in [4.69, 9.17) is 18.0 Å². The van der Waals surface area contributed by atoms with Crippen molar-refractivity contribution in [2.75, 3.05) is 26.2 Å². The summed E-state index contributed by atoms with van der Waals surface area (Å²) in [6.45, 7) is 5.47. The van der Waals surface area contributed by atoms with Gasteiger partial charge in [-0.25, -0.2) is 13.1 Å². The lowest BCUT2D eigenvalue weighted by atomic mass is 10.1. The molecular weight excluding hydrogens is 308 g/mol. The first-order valence-electron chi connectivity index (χ1n) is 6.91. The average Bonchev–Trinajstić information content (AvgIpc) is 2.93. The zero-order valence-corrected chi connectivity index (χ0v) is 13.6. The molecule has 0 spiro atoms. The molecule has 2 rings (SSSR count). The van der Waals surface area contributed by atoms with Crippen LogP contribution in [-0.4, -0.2) is 49.5 Å². The maximum atomic E-state index is 12.4. The molecule has 0 aromatic carbocycles. The molecule has 1 saturated heterocycles. The van der Waals surface area contributed by atoms with Gasteiger partial charge in [0.2, 0.25) is 10.0 Å². The molecule has 0 bridgehead atoms. The van der Waals surface area contributed by atoms with E-state index in [9.17, 15) is 8.42 Å². The number of likely N-dealkylation sites (tertiary alicyclic amines) is 1. The highest BCUT2D eigenvalue weighted by Gasteiger charge is 2.25. The minimum Gasteiger partial charge on any atom is -0.388 e. The third-order valence-electron chi connectivity index (χ3n) is 3.67. The van der Waals surface area contributed by atoms with Crippen LogP contribution in [0.25, 0.3) is 0 Å². The Morgan fingerprint density at radius 2 is 2.38 bits per heavy atom. The van der Waals surface area contributed by atoms with E-state index in [-0.39, 0.29) is 15.6 Å². The predicted octanol–water partition coefficient (Wildman–Crippen LogP) is 0.336. The summed E-state index contributed by atoms with van der Waals surface area (Å²) in [6, 6.07) is 3.03. The van der Waals surface area contributed by atoms with Crippen molar-refractivity contribution in [3.8, 4) is 0 Å². The highest BCUT2D eigenvalue weighted by atomic mass is 32.2. The molecule has 116 valence electrons. The summed E-state index contributed by atoms with van der Waals surface area (Å²) in [7, 11) is -3.65. The van der Waals surface area contributed by atoms with E-state index in [1.165, 1.54) is 12.3 Å². The summed E-state index contributed by atoms with van der Waals surface area (Å²) in [4.78, 5) is 6.29. The Morgan fingerprint density at radius 3 is 3.00 bits per heavy atom. The largest absolute Gasteiger partial charge is 0.388 e. The Hall–Kier alpha value is -1.09. The van der Waals surface area contributed by atoms with E-state index in [1.807, 2.05) is 0 Å². The Bertz CT molecular complexity index is 618. The van der Waals surface area contributed by atoms with Crippen molar-refractivity contribution >= 4 is 27.2 Å². The summed E-state index contributed by atoms with van der Waals surface area (Å²) in [5, 5.41) is 0. The van der Waals surface area contributed by atoms with Gasteiger partial charge >= 0.3 is 0 Å². The number of pyridine rings is 1. The monoisotopic (exact) mass is 328 g/mol. The fourth-order valence-corrected chi connectivity index (χ4v) is 3.98. The van der Waals surface area contributed by atoms with Crippen LogP contribution in [0.2, 0.25) is 0 Å². The van der Waals surface area contributed by atoms with Crippen molar-refractivity contribution in [3.63, 3.8) is 0 Å². The van der Waals surface area contributed by atoms with Crippen LogP contribution in [-0.2, 0) is 10.0 Å². The average molecular weight is 328 g/mol.